The molecule has 0 aromatic carbocycles. The SMILES string of the molecule is COCc1cc(C[C@@H]2C[C@H](NCc3ccc(CO)o3)C2(C)C)no1. The fourth-order valence-electron chi connectivity index (χ4n) is 3.45. The first-order valence-electron chi connectivity index (χ1n) is 8.38. The van der Waals surface area contributed by atoms with Crippen LogP contribution in [0.25, 0.3) is 0 Å². The summed E-state index contributed by atoms with van der Waals surface area (Å²) in [6.45, 7) is 5.67. The van der Waals surface area contributed by atoms with E-state index in [-0.39, 0.29) is 12.0 Å². The summed E-state index contributed by atoms with van der Waals surface area (Å²) in [5.41, 5.74) is 1.18. The van der Waals surface area contributed by atoms with E-state index in [1.54, 1.807) is 7.11 Å². The van der Waals surface area contributed by atoms with E-state index in [0.29, 0.717) is 30.9 Å². The van der Waals surface area contributed by atoms with Gasteiger partial charge in [-0.2, -0.15) is 0 Å². The van der Waals surface area contributed by atoms with Gasteiger partial charge in [0.25, 0.3) is 0 Å². The predicted octanol–water partition coefficient (Wildman–Crippen LogP) is 2.65. The maximum atomic E-state index is 9.04. The molecule has 0 saturated heterocycles. The minimum atomic E-state index is -0.0558. The molecular formula is C18H26N2O4. The number of hydrogen-bond acceptors (Lipinski definition) is 6. The van der Waals surface area contributed by atoms with Crippen LogP contribution in [0.3, 0.4) is 0 Å². The van der Waals surface area contributed by atoms with Gasteiger partial charge in [0.15, 0.2) is 5.76 Å². The molecular weight excluding hydrogens is 308 g/mol. The summed E-state index contributed by atoms with van der Waals surface area (Å²) in [4.78, 5) is 0. The smallest absolute Gasteiger partial charge is 0.162 e. The van der Waals surface area contributed by atoms with E-state index in [1.807, 2.05) is 18.2 Å². The molecule has 1 aliphatic carbocycles. The van der Waals surface area contributed by atoms with Gasteiger partial charge in [0, 0.05) is 19.2 Å². The summed E-state index contributed by atoms with van der Waals surface area (Å²) in [6, 6.07) is 6.15. The van der Waals surface area contributed by atoms with Gasteiger partial charge in [-0.15, -0.1) is 0 Å². The summed E-state index contributed by atoms with van der Waals surface area (Å²) >= 11 is 0. The average molecular weight is 334 g/mol. The molecule has 0 bridgehead atoms. The van der Waals surface area contributed by atoms with Crippen molar-refractivity contribution in [1.82, 2.24) is 10.5 Å². The Bertz CT molecular complexity index is 662. The Morgan fingerprint density at radius 2 is 2.12 bits per heavy atom. The van der Waals surface area contributed by atoms with E-state index >= 15 is 0 Å². The Balaban J connectivity index is 1.50. The fourth-order valence-corrected chi connectivity index (χ4v) is 3.45. The highest BCUT2D eigenvalue weighted by Crippen LogP contribution is 2.47. The lowest BCUT2D eigenvalue weighted by Gasteiger charge is -2.52. The van der Waals surface area contributed by atoms with Crippen molar-refractivity contribution in [2.75, 3.05) is 7.11 Å². The lowest BCUT2D eigenvalue weighted by molar-refractivity contribution is 0.0114. The molecule has 132 valence electrons. The molecule has 1 fully saturated rings. The third kappa shape index (κ3) is 3.55. The predicted molar refractivity (Wildman–Crippen MR) is 88.1 cm³/mol. The van der Waals surface area contributed by atoms with Gasteiger partial charge >= 0.3 is 0 Å². The van der Waals surface area contributed by atoms with Crippen molar-refractivity contribution in [3.05, 3.63) is 41.2 Å². The second-order valence-corrected chi connectivity index (χ2v) is 7.14. The zero-order valence-corrected chi connectivity index (χ0v) is 14.5. The molecule has 6 nitrogen and oxygen atoms in total. The minimum absolute atomic E-state index is 0.0558. The van der Waals surface area contributed by atoms with Gasteiger partial charge in [0.2, 0.25) is 0 Å². The number of aliphatic hydroxyl groups is 1. The van der Waals surface area contributed by atoms with Gasteiger partial charge in [-0.1, -0.05) is 19.0 Å². The van der Waals surface area contributed by atoms with Crippen LogP contribution in [0.1, 0.15) is 43.2 Å². The van der Waals surface area contributed by atoms with Crippen LogP contribution in [-0.4, -0.2) is 23.4 Å². The monoisotopic (exact) mass is 334 g/mol. The van der Waals surface area contributed by atoms with Crippen molar-refractivity contribution < 1.29 is 18.8 Å². The fraction of sp³-hybridized carbons (Fsp3) is 0.611. The molecule has 2 aromatic rings. The Labute approximate surface area is 142 Å². The number of rotatable bonds is 8. The van der Waals surface area contributed by atoms with Crippen LogP contribution in [0.15, 0.2) is 27.1 Å². The summed E-state index contributed by atoms with van der Waals surface area (Å²) in [7, 11) is 1.65. The van der Waals surface area contributed by atoms with Crippen molar-refractivity contribution in [2.24, 2.45) is 11.3 Å². The number of hydrogen-bond donors (Lipinski definition) is 2. The summed E-state index contributed by atoms with van der Waals surface area (Å²) < 4.78 is 15.8. The van der Waals surface area contributed by atoms with Crippen molar-refractivity contribution >= 4 is 0 Å². The van der Waals surface area contributed by atoms with E-state index in [2.05, 4.69) is 24.3 Å². The standard InChI is InChI=1S/C18H26N2O4/c1-18(2)12(6-13-8-16(11-22-3)24-20-13)7-17(18)19-9-14-4-5-15(10-21)23-14/h4-5,8,12,17,19,21H,6-7,9-11H2,1-3H3/t12-,17+/m1/s1. The molecule has 24 heavy (non-hydrogen) atoms. The van der Waals surface area contributed by atoms with Crippen LogP contribution in [0, 0.1) is 11.3 Å². The molecule has 2 heterocycles. The summed E-state index contributed by atoms with van der Waals surface area (Å²) in [5.74, 6) is 2.81. The molecule has 0 amide bonds. The van der Waals surface area contributed by atoms with Crippen molar-refractivity contribution in [3.8, 4) is 0 Å². The van der Waals surface area contributed by atoms with Crippen LogP contribution in [0.2, 0.25) is 0 Å². The highest BCUT2D eigenvalue weighted by atomic mass is 16.5. The van der Waals surface area contributed by atoms with Gasteiger partial charge in [-0.05, 0) is 36.3 Å². The molecule has 0 aliphatic heterocycles. The van der Waals surface area contributed by atoms with Crippen LogP contribution >= 0.6 is 0 Å². The molecule has 1 saturated carbocycles. The van der Waals surface area contributed by atoms with Crippen molar-refractivity contribution in [1.29, 1.82) is 0 Å². The Morgan fingerprint density at radius 3 is 2.79 bits per heavy atom. The second-order valence-electron chi connectivity index (χ2n) is 7.14. The van der Waals surface area contributed by atoms with Crippen LogP contribution in [0.5, 0.6) is 0 Å². The van der Waals surface area contributed by atoms with E-state index < -0.39 is 0 Å². The first-order valence-corrected chi connectivity index (χ1v) is 8.38. The number of methoxy groups -OCH3 is 1. The number of furan rings is 1. The maximum absolute atomic E-state index is 9.04. The second kappa shape index (κ2) is 7.09. The van der Waals surface area contributed by atoms with Gasteiger partial charge in [0.1, 0.15) is 24.7 Å². The van der Waals surface area contributed by atoms with Gasteiger partial charge in [-0.25, -0.2) is 0 Å². The zero-order chi connectivity index (χ0) is 17.2. The third-order valence-corrected chi connectivity index (χ3v) is 5.22. The first kappa shape index (κ1) is 17.2. The van der Waals surface area contributed by atoms with Gasteiger partial charge in [-0.3, -0.25) is 0 Å². The molecule has 0 radical (unpaired) electrons. The van der Waals surface area contributed by atoms with E-state index in [9.17, 15) is 0 Å². The van der Waals surface area contributed by atoms with Crippen LogP contribution < -0.4 is 5.32 Å². The van der Waals surface area contributed by atoms with Crippen molar-refractivity contribution in [3.63, 3.8) is 0 Å². The quantitative estimate of drug-likeness (QED) is 0.772. The Morgan fingerprint density at radius 1 is 1.33 bits per heavy atom. The normalized spacial score (nSPS) is 22.5. The lowest BCUT2D eigenvalue weighted by Crippen LogP contribution is -2.57. The Hall–Kier alpha value is -1.63. The van der Waals surface area contributed by atoms with Gasteiger partial charge < -0.3 is 24.1 Å². The highest BCUT2D eigenvalue weighted by Gasteiger charge is 2.47. The molecule has 6 heteroatoms. The number of aromatic nitrogens is 1. The third-order valence-electron chi connectivity index (χ3n) is 5.22. The maximum Gasteiger partial charge on any atom is 0.162 e. The van der Waals surface area contributed by atoms with Crippen molar-refractivity contribution in [2.45, 2.75) is 52.5 Å². The lowest BCUT2D eigenvalue weighted by atomic mass is 9.57. The number of nitrogens with zero attached hydrogens (tertiary/aromatic N) is 1. The van der Waals surface area contributed by atoms with E-state index in [0.717, 1.165) is 30.1 Å². The van der Waals surface area contributed by atoms with E-state index in [1.165, 1.54) is 0 Å². The number of nitrogens with one attached hydrogen (secondary N) is 1. The molecule has 0 spiro atoms. The molecule has 0 unspecified atom stereocenters. The van der Waals surface area contributed by atoms with E-state index in [4.69, 9.17) is 18.8 Å². The largest absolute Gasteiger partial charge is 0.462 e. The molecule has 1 aliphatic rings. The number of ether oxygens (including phenoxy) is 1. The van der Waals surface area contributed by atoms with Crippen LogP contribution in [-0.2, 0) is 30.9 Å². The highest BCUT2D eigenvalue weighted by molar-refractivity contribution is 5.12. The summed E-state index contributed by atoms with van der Waals surface area (Å²) in [6.07, 6.45) is 2.03. The summed E-state index contributed by atoms with van der Waals surface area (Å²) in [5, 5.41) is 16.7. The topological polar surface area (TPSA) is 80.7 Å². The molecule has 3 rings (SSSR count). The average Bonchev–Trinajstić information content (AvgIpc) is 3.19. The molecule has 2 N–H and O–H groups in total. The Kier molecular flexibility index (Phi) is 5.08. The molecule has 2 aromatic heterocycles. The van der Waals surface area contributed by atoms with Gasteiger partial charge in [0.05, 0.1) is 12.2 Å². The first-order chi connectivity index (χ1) is 11.5. The molecule has 2 atom stereocenters. The zero-order valence-electron chi connectivity index (χ0n) is 14.5. The minimum Gasteiger partial charge on any atom is -0.462 e. The van der Waals surface area contributed by atoms with Crippen LogP contribution in [0.4, 0.5) is 0 Å². The number of aliphatic hydroxyl groups excluding tert-OH is 1.